The Labute approximate surface area is 107 Å². The quantitative estimate of drug-likeness (QED) is 0.601. The Morgan fingerprint density at radius 2 is 1.67 bits per heavy atom. The Morgan fingerprint density at radius 3 is 2.17 bits per heavy atom. The van der Waals surface area contributed by atoms with E-state index in [0.29, 0.717) is 13.1 Å². The highest BCUT2D eigenvalue weighted by atomic mass is 35.5. The van der Waals surface area contributed by atoms with Crippen molar-refractivity contribution in [1.82, 2.24) is 4.90 Å². The minimum Gasteiger partial charge on any atom is -0.341 e. The minimum atomic E-state index is -1.56. The fraction of sp³-hybridized carbons (Fsp3) is 0.417. The summed E-state index contributed by atoms with van der Waals surface area (Å²) in [7, 11) is 0. The second-order valence-corrected chi connectivity index (χ2v) is 4.63. The smallest absolute Gasteiger partial charge is 0.245 e. The summed E-state index contributed by atoms with van der Waals surface area (Å²) in [4.78, 5) is 13.4. The molecule has 2 rings (SSSR count). The van der Waals surface area contributed by atoms with Crippen LogP contribution in [0.4, 0.5) is 13.2 Å². The van der Waals surface area contributed by atoms with Gasteiger partial charge in [0.25, 0.3) is 0 Å². The summed E-state index contributed by atoms with van der Waals surface area (Å²) >= 11 is 5.89. The molecule has 1 aliphatic rings. The van der Waals surface area contributed by atoms with Crippen LogP contribution in [0.25, 0.3) is 0 Å². The van der Waals surface area contributed by atoms with Crippen molar-refractivity contribution in [2.75, 3.05) is 13.1 Å². The average Bonchev–Trinajstić information content (AvgIpc) is 2.87. The topological polar surface area (TPSA) is 20.3 Å². The van der Waals surface area contributed by atoms with E-state index in [1.54, 1.807) is 0 Å². The average molecular weight is 278 g/mol. The highest BCUT2D eigenvalue weighted by Gasteiger charge is 2.27. The Bertz CT molecular complexity index is 451. The summed E-state index contributed by atoms with van der Waals surface area (Å²) in [5.41, 5.74) is -0.0648. The van der Waals surface area contributed by atoms with Gasteiger partial charge in [-0.2, -0.15) is 0 Å². The molecule has 1 saturated heterocycles. The molecular formula is C12H11ClF3NO. The van der Waals surface area contributed by atoms with Crippen LogP contribution < -0.4 is 0 Å². The van der Waals surface area contributed by atoms with E-state index in [9.17, 15) is 18.0 Å². The van der Waals surface area contributed by atoms with E-state index in [0.717, 1.165) is 25.0 Å². The number of carbonyl (C=O) groups excluding carboxylic acids is 1. The number of amides is 1. The van der Waals surface area contributed by atoms with Gasteiger partial charge >= 0.3 is 0 Å². The molecule has 1 amide bonds. The van der Waals surface area contributed by atoms with Crippen LogP contribution in [0.3, 0.4) is 0 Å². The molecule has 0 bridgehead atoms. The third-order valence-corrected chi connectivity index (χ3v) is 3.37. The Morgan fingerprint density at radius 1 is 1.17 bits per heavy atom. The van der Waals surface area contributed by atoms with Gasteiger partial charge in [0.2, 0.25) is 5.91 Å². The second kappa shape index (κ2) is 5.18. The molecule has 0 aromatic heterocycles. The summed E-state index contributed by atoms with van der Waals surface area (Å²) in [5, 5.41) is -1.19. The number of carbonyl (C=O) groups is 1. The number of likely N-dealkylation sites (tertiary alicyclic amines) is 1. The standard InChI is InChI=1S/C12H11ClF3NO/c13-10(12(18)17-3-1-2-4-17)7-5-8(14)11(16)9(15)6-7/h5-6,10H,1-4H2. The molecular weight excluding hydrogens is 267 g/mol. The van der Waals surface area contributed by atoms with Gasteiger partial charge in [-0.3, -0.25) is 4.79 Å². The van der Waals surface area contributed by atoms with Crippen molar-refractivity contribution in [3.8, 4) is 0 Å². The lowest BCUT2D eigenvalue weighted by Gasteiger charge is -2.19. The predicted molar refractivity (Wildman–Crippen MR) is 60.7 cm³/mol. The third kappa shape index (κ3) is 2.46. The summed E-state index contributed by atoms with van der Waals surface area (Å²) in [6, 6.07) is 1.51. The van der Waals surface area contributed by atoms with Gasteiger partial charge in [-0.15, -0.1) is 11.6 Å². The van der Waals surface area contributed by atoms with Gasteiger partial charge in [-0.1, -0.05) is 0 Å². The summed E-state index contributed by atoms with van der Waals surface area (Å²) in [6.07, 6.45) is 1.78. The number of benzene rings is 1. The fourth-order valence-corrected chi connectivity index (χ4v) is 2.23. The van der Waals surface area contributed by atoms with Crippen LogP contribution >= 0.6 is 11.6 Å². The van der Waals surface area contributed by atoms with Crippen molar-refractivity contribution in [1.29, 1.82) is 0 Å². The van der Waals surface area contributed by atoms with Crippen molar-refractivity contribution in [3.63, 3.8) is 0 Å². The lowest BCUT2D eigenvalue weighted by molar-refractivity contribution is -0.129. The van der Waals surface area contributed by atoms with Crippen LogP contribution in [-0.4, -0.2) is 23.9 Å². The number of nitrogens with zero attached hydrogens (tertiary/aromatic N) is 1. The van der Waals surface area contributed by atoms with E-state index in [1.165, 1.54) is 4.90 Å². The van der Waals surface area contributed by atoms with E-state index in [1.807, 2.05) is 0 Å². The number of hydrogen-bond acceptors (Lipinski definition) is 1. The largest absolute Gasteiger partial charge is 0.341 e. The molecule has 0 spiro atoms. The Kier molecular flexibility index (Phi) is 3.80. The maximum atomic E-state index is 13.0. The van der Waals surface area contributed by atoms with Crippen molar-refractivity contribution in [2.45, 2.75) is 18.2 Å². The van der Waals surface area contributed by atoms with Crippen LogP contribution in [0, 0.1) is 17.5 Å². The molecule has 1 aliphatic heterocycles. The first-order valence-corrected chi connectivity index (χ1v) is 6.01. The van der Waals surface area contributed by atoms with Crippen molar-refractivity contribution >= 4 is 17.5 Å². The monoisotopic (exact) mass is 277 g/mol. The van der Waals surface area contributed by atoms with E-state index < -0.39 is 28.7 Å². The SMILES string of the molecule is O=C(C(Cl)c1cc(F)c(F)c(F)c1)N1CCCC1. The van der Waals surface area contributed by atoms with Gasteiger partial charge in [0.05, 0.1) is 0 Å². The number of hydrogen-bond donors (Lipinski definition) is 0. The first-order chi connectivity index (χ1) is 8.50. The van der Waals surface area contributed by atoms with Gasteiger partial charge in [0, 0.05) is 13.1 Å². The third-order valence-electron chi connectivity index (χ3n) is 2.93. The van der Waals surface area contributed by atoms with E-state index in [-0.39, 0.29) is 5.56 Å². The van der Waals surface area contributed by atoms with Crippen LogP contribution in [0.2, 0.25) is 0 Å². The first-order valence-electron chi connectivity index (χ1n) is 5.58. The van der Waals surface area contributed by atoms with Crippen LogP contribution in [-0.2, 0) is 4.79 Å². The molecule has 1 aromatic rings. The van der Waals surface area contributed by atoms with Gasteiger partial charge in [0.1, 0.15) is 5.38 Å². The van der Waals surface area contributed by atoms with Crippen LogP contribution in [0.5, 0.6) is 0 Å². The molecule has 1 fully saturated rings. The molecule has 0 radical (unpaired) electrons. The Balaban J connectivity index is 2.22. The molecule has 0 N–H and O–H groups in total. The first kappa shape index (κ1) is 13.2. The predicted octanol–water partition coefficient (Wildman–Crippen LogP) is 3.01. The number of halogens is 4. The molecule has 1 unspecified atom stereocenters. The maximum absolute atomic E-state index is 13.0. The van der Waals surface area contributed by atoms with Crippen molar-refractivity contribution < 1.29 is 18.0 Å². The number of alkyl halides is 1. The lowest BCUT2D eigenvalue weighted by Crippen LogP contribution is -2.30. The van der Waals surface area contributed by atoms with Crippen LogP contribution in [0.15, 0.2) is 12.1 Å². The van der Waals surface area contributed by atoms with Crippen LogP contribution in [0.1, 0.15) is 23.8 Å². The highest BCUT2D eigenvalue weighted by Crippen LogP contribution is 2.27. The zero-order chi connectivity index (χ0) is 13.3. The van der Waals surface area contributed by atoms with E-state index >= 15 is 0 Å². The molecule has 0 saturated carbocycles. The fourth-order valence-electron chi connectivity index (χ4n) is 1.96. The van der Waals surface area contributed by atoms with Gasteiger partial charge < -0.3 is 4.90 Å². The maximum Gasteiger partial charge on any atom is 0.245 e. The highest BCUT2D eigenvalue weighted by molar-refractivity contribution is 6.30. The molecule has 98 valence electrons. The summed E-state index contributed by atoms with van der Waals surface area (Å²) < 4.78 is 38.9. The normalized spacial score (nSPS) is 17.0. The summed E-state index contributed by atoms with van der Waals surface area (Å²) in [5.74, 6) is -4.65. The molecule has 1 atom stereocenters. The molecule has 18 heavy (non-hydrogen) atoms. The number of rotatable bonds is 2. The van der Waals surface area contributed by atoms with Gasteiger partial charge in [-0.25, -0.2) is 13.2 Å². The van der Waals surface area contributed by atoms with Gasteiger partial charge in [-0.05, 0) is 30.5 Å². The van der Waals surface area contributed by atoms with E-state index in [4.69, 9.17) is 11.6 Å². The van der Waals surface area contributed by atoms with Gasteiger partial charge in [0.15, 0.2) is 17.5 Å². The zero-order valence-corrected chi connectivity index (χ0v) is 10.2. The summed E-state index contributed by atoms with van der Waals surface area (Å²) in [6.45, 7) is 1.18. The van der Waals surface area contributed by atoms with E-state index in [2.05, 4.69) is 0 Å². The Hall–Kier alpha value is -1.23. The van der Waals surface area contributed by atoms with Crippen molar-refractivity contribution in [2.24, 2.45) is 0 Å². The lowest BCUT2D eigenvalue weighted by atomic mass is 10.1. The molecule has 1 aromatic carbocycles. The zero-order valence-electron chi connectivity index (χ0n) is 9.43. The molecule has 2 nitrogen and oxygen atoms in total. The molecule has 0 aliphatic carbocycles. The second-order valence-electron chi connectivity index (χ2n) is 4.19. The van der Waals surface area contributed by atoms with Crippen molar-refractivity contribution in [3.05, 3.63) is 35.1 Å². The molecule has 6 heteroatoms. The minimum absolute atomic E-state index is 0.0648. The molecule has 1 heterocycles.